The van der Waals surface area contributed by atoms with Gasteiger partial charge in [-0.25, -0.2) is 4.79 Å². The van der Waals surface area contributed by atoms with Crippen LogP contribution in [0.25, 0.3) is 0 Å². The summed E-state index contributed by atoms with van der Waals surface area (Å²) >= 11 is 0. The number of pyridine rings is 1. The summed E-state index contributed by atoms with van der Waals surface area (Å²) < 4.78 is 11.1. The van der Waals surface area contributed by atoms with Gasteiger partial charge in [0.1, 0.15) is 23.5 Å². The average Bonchev–Trinajstić information content (AvgIpc) is 2.45. The molecule has 0 radical (unpaired) electrons. The van der Waals surface area contributed by atoms with Crippen LogP contribution in [0, 0.1) is 0 Å². The highest BCUT2D eigenvalue weighted by Gasteiger charge is 2.21. The molecule has 0 amide bonds. The van der Waals surface area contributed by atoms with Crippen molar-refractivity contribution >= 4 is 5.97 Å². The lowest BCUT2D eigenvalue weighted by atomic mass is 10.2. The molecule has 0 saturated carbocycles. The van der Waals surface area contributed by atoms with Gasteiger partial charge in [-0.1, -0.05) is 30.3 Å². The number of hydrogen-bond acceptors (Lipinski definition) is 4. The second-order valence-corrected chi connectivity index (χ2v) is 5.65. The quantitative estimate of drug-likeness (QED) is 0.805. The summed E-state index contributed by atoms with van der Waals surface area (Å²) in [7, 11) is 0. The monoisotopic (exact) mass is 285 g/mol. The molecule has 0 spiro atoms. The minimum absolute atomic E-state index is 0.336. The van der Waals surface area contributed by atoms with Gasteiger partial charge in [0.25, 0.3) is 0 Å². The van der Waals surface area contributed by atoms with E-state index in [-0.39, 0.29) is 0 Å². The van der Waals surface area contributed by atoms with Crippen LogP contribution in [0.15, 0.2) is 48.8 Å². The summed E-state index contributed by atoms with van der Waals surface area (Å²) in [6, 6.07) is 11.4. The van der Waals surface area contributed by atoms with Crippen LogP contribution in [-0.2, 0) is 11.3 Å². The van der Waals surface area contributed by atoms with Gasteiger partial charge in [-0.2, -0.15) is 0 Å². The van der Waals surface area contributed by atoms with Gasteiger partial charge >= 0.3 is 5.97 Å². The van der Waals surface area contributed by atoms with E-state index < -0.39 is 11.6 Å². The average molecular weight is 285 g/mol. The van der Waals surface area contributed by atoms with Crippen molar-refractivity contribution in [3.63, 3.8) is 0 Å². The predicted molar refractivity (Wildman–Crippen MR) is 80.2 cm³/mol. The van der Waals surface area contributed by atoms with E-state index in [9.17, 15) is 4.79 Å². The number of benzene rings is 1. The fourth-order valence-electron chi connectivity index (χ4n) is 1.73. The lowest BCUT2D eigenvalue weighted by molar-refractivity contribution is 0.00650. The summed E-state index contributed by atoms with van der Waals surface area (Å²) in [5.74, 6) is 0.0433. The molecule has 4 nitrogen and oxygen atoms in total. The van der Waals surface area contributed by atoms with E-state index in [0.717, 1.165) is 5.56 Å². The van der Waals surface area contributed by atoms with Gasteiger partial charge in [-0.3, -0.25) is 4.98 Å². The zero-order chi connectivity index (χ0) is 15.3. The number of rotatable bonds is 4. The molecule has 0 bridgehead atoms. The third-order valence-corrected chi connectivity index (χ3v) is 2.64. The summed E-state index contributed by atoms with van der Waals surface area (Å²) in [6.45, 7) is 5.87. The highest BCUT2D eigenvalue weighted by Crippen LogP contribution is 2.21. The first-order chi connectivity index (χ1) is 9.96. The molecule has 1 aromatic carbocycles. The number of esters is 1. The highest BCUT2D eigenvalue weighted by molar-refractivity contribution is 5.92. The Morgan fingerprint density at radius 3 is 2.52 bits per heavy atom. The molecule has 0 atom stereocenters. The standard InChI is InChI=1S/C17H19NO3/c1-17(2,3)21-16(19)14-11-18-10-9-15(14)20-12-13-7-5-4-6-8-13/h4-11H,12H2,1-3H3. The van der Waals surface area contributed by atoms with Crippen LogP contribution in [0.5, 0.6) is 5.75 Å². The molecular weight excluding hydrogens is 266 g/mol. The van der Waals surface area contributed by atoms with Crippen LogP contribution in [-0.4, -0.2) is 16.6 Å². The molecule has 4 heteroatoms. The molecule has 0 N–H and O–H groups in total. The van der Waals surface area contributed by atoms with Crippen LogP contribution >= 0.6 is 0 Å². The van der Waals surface area contributed by atoms with Crippen molar-refractivity contribution in [2.75, 3.05) is 0 Å². The maximum atomic E-state index is 12.2. The molecule has 0 fully saturated rings. The number of carbonyl (C=O) groups is 1. The first kappa shape index (κ1) is 15.0. The molecule has 0 saturated heterocycles. The van der Waals surface area contributed by atoms with Crippen LogP contribution in [0.2, 0.25) is 0 Å². The third-order valence-electron chi connectivity index (χ3n) is 2.64. The summed E-state index contributed by atoms with van der Waals surface area (Å²) in [6.07, 6.45) is 3.06. The molecular formula is C17H19NO3. The fourth-order valence-corrected chi connectivity index (χ4v) is 1.73. The Labute approximate surface area is 124 Å². The van der Waals surface area contributed by atoms with Crippen molar-refractivity contribution in [2.45, 2.75) is 33.0 Å². The molecule has 110 valence electrons. The van der Waals surface area contributed by atoms with E-state index in [2.05, 4.69) is 4.98 Å². The molecule has 1 aromatic heterocycles. The lowest BCUT2D eigenvalue weighted by Crippen LogP contribution is -2.24. The van der Waals surface area contributed by atoms with E-state index >= 15 is 0 Å². The van der Waals surface area contributed by atoms with E-state index in [1.165, 1.54) is 6.20 Å². The van der Waals surface area contributed by atoms with Crippen molar-refractivity contribution in [3.8, 4) is 5.75 Å². The Kier molecular flexibility index (Phi) is 4.58. The Hall–Kier alpha value is -2.36. The number of aromatic nitrogens is 1. The van der Waals surface area contributed by atoms with Crippen molar-refractivity contribution in [1.82, 2.24) is 4.98 Å². The van der Waals surface area contributed by atoms with Crippen LogP contribution in [0.1, 0.15) is 36.7 Å². The van der Waals surface area contributed by atoms with Crippen LogP contribution in [0.3, 0.4) is 0 Å². The number of nitrogens with zero attached hydrogens (tertiary/aromatic N) is 1. The third kappa shape index (κ3) is 4.60. The first-order valence-electron chi connectivity index (χ1n) is 6.80. The minimum atomic E-state index is -0.552. The summed E-state index contributed by atoms with van der Waals surface area (Å²) in [5.41, 5.74) is 0.816. The molecule has 2 aromatic rings. The van der Waals surface area contributed by atoms with Gasteiger partial charge in [-0.15, -0.1) is 0 Å². The van der Waals surface area contributed by atoms with Gasteiger partial charge in [0.2, 0.25) is 0 Å². The Bertz CT molecular complexity index is 603. The molecule has 0 aliphatic heterocycles. The fraction of sp³-hybridized carbons (Fsp3) is 0.294. The van der Waals surface area contributed by atoms with Crippen molar-refractivity contribution in [2.24, 2.45) is 0 Å². The van der Waals surface area contributed by atoms with Gasteiger partial charge in [0, 0.05) is 12.4 Å². The molecule has 0 aliphatic carbocycles. The van der Waals surface area contributed by atoms with Crippen molar-refractivity contribution < 1.29 is 14.3 Å². The van der Waals surface area contributed by atoms with Crippen LogP contribution < -0.4 is 4.74 Å². The second kappa shape index (κ2) is 6.39. The summed E-state index contributed by atoms with van der Waals surface area (Å²) in [4.78, 5) is 16.1. The van der Waals surface area contributed by atoms with Crippen LogP contribution in [0.4, 0.5) is 0 Å². The second-order valence-electron chi connectivity index (χ2n) is 5.65. The van der Waals surface area contributed by atoms with E-state index in [1.807, 2.05) is 51.1 Å². The summed E-state index contributed by atoms with van der Waals surface area (Å²) in [5, 5.41) is 0. The molecule has 0 unspecified atom stereocenters. The maximum absolute atomic E-state index is 12.2. The van der Waals surface area contributed by atoms with Gasteiger partial charge in [0.05, 0.1) is 0 Å². The molecule has 1 heterocycles. The highest BCUT2D eigenvalue weighted by atomic mass is 16.6. The molecule has 2 rings (SSSR count). The topological polar surface area (TPSA) is 48.4 Å². The van der Waals surface area contributed by atoms with Gasteiger partial charge < -0.3 is 9.47 Å². The maximum Gasteiger partial charge on any atom is 0.344 e. The van der Waals surface area contributed by atoms with Crippen molar-refractivity contribution in [1.29, 1.82) is 0 Å². The largest absolute Gasteiger partial charge is 0.488 e. The predicted octanol–water partition coefficient (Wildman–Crippen LogP) is 3.62. The molecule has 0 aliphatic rings. The lowest BCUT2D eigenvalue weighted by Gasteiger charge is -2.20. The smallest absolute Gasteiger partial charge is 0.344 e. The SMILES string of the molecule is CC(C)(C)OC(=O)c1cnccc1OCc1ccccc1. The number of hydrogen-bond donors (Lipinski definition) is 0. The van der Waals surface area contributed by atoms with Crippen molar-refractivity contribution in [3.05, 3.63) is 59.9 Å². The van der Waals surface area contributed by atoms with E-state index in [4.69, 9.17) is 9.47 Å². The number of ether oxygens (including phenoxy) is 2. The Morgan fingerprint density at radius 1 is 1.14 bits per heavy atom. The zero-order valence-corrected chi connectivity index (χ0v) is 12.5. The van der Waals surface area contributed by atoms with Gasteiger partial charge in [0.15, 0.2) is 0 Å². The van der Waals surface area contributed by atoms with E-state index in [1.54, 1.807) is 12.3 Å². The molecule has 21 heavy (non-hydrogen) atoms. The Balaban J connectivity index is 2.12. The minimum Gasteiger partial charge on any atom is -0.488 e. The first-order valence-corrected chi connectivity index (χ1v) is 6.80. The zero-order valence-electron chi connectivity index (χ0n) is 12.5. The van der Waals surface area contributed by atoms with Gasteiger partial charge in [-0.05, 0) is 32.4 Å². The normalized spacial score (nSPS) is 11.0. The number of carbonyl (C=O) groups excluding carboxylic acids is 1. The Morgan fingerprint density at radius 2 is 1.86 bits per heavy atom. The van der Waals surface area contributed by atoms with E-state index in [0.29, 0.717) is 17.9 Å².